The Morgan fingerprint density at radius 1 is 0.652 bits per heavy atom. The molecule has 46 heavy (non-hydrogen) atoms. The van der Waals surface area contributed by atoms with Gasteiger partial charge in [0.2, 0.25) is 5.91 Å². The first kappa shape index (κ1) is 41.9. The average molecular weight is 642 g/mol. The molecule has 264 valence electrons. The Labute approximate surface area is 283 Å². The number of nitrogens with one attached hydrogen (secondary N) is 1. The monoisotopic (exact) mass is 642 g/mol. The van der Waals surface area contributed by atoms with Gasteiger partial charge in [0.25, 0.3) is 0 Å². The maximum absolute atomic E-state index is 12.8. The van der Waals surface area contributed by atoms with Crippen molar-refractivity contribution in [3.8, 4) is 0 Å². The van der Waals surface area contributed by atoms with Crippen LogP contribution >= 0.6 is 0 Å². The van der Waals surface area contributed by atoms with E-state index in [1.54, 1.807) is 30.3 Å². The molecule has 0 aliphatic carbocycles. The summed E-state index contributed by atoms with van der Waals surface area (Å²) >= 11 is 0. The SMILES string of the molecule is CCCCCCCCCCCCC/C=C/[C@@H](O)[C@@H](COC(=O)c1ccccc1)NC(=O)CCCCCCCCCCCCCCC. The molecule has 0 aliphatic rings. The number of esters is 1. The molecule has 0 aliphatic heterocycles. The van der Waals surface area contributed by atoms with E-state index in [1.807, 2.05) is 12.1 Å². The first-order chi connectivity index (χ1) is 22.6. The van der Waals surface area contributed by atoms with Crippen LogP contribution in [0.3, 0.4) is 0 Å². The van der Waals surface area contributed by atoms with Crippen molar-refractivity contribution in [1.82, 2.24) is 5.32 Å². The van der Waals surface area contributed by atoms with Gasteiger partial charge in [0.1, 0.15) is 6.61 Å². The highest BCUT2D eigenvalue weighted by Gasteiger charge is 2.21. The highest BCUT2D eigenvalue weighted by Crippen LogP contribution is 2.14. The van der Waals surface area contributed by atoms with Gasteiger partial charge in [-0.3, -0.25) is 4.79 Å². The second kappa shape index (κ2) is 31.5. The number of ether oxygens (including phenoxy) is 1. The van der Waals surface area contributed by atoms with E-state index in [1.165, 1.54) is 128 Å². The van der Waals surface area contributed by atoms with Gasteiger partial charge in [-0.15, -0.1) is 0 Å². The molecule has 1 rings (SSSR count). The van der Waals surface area contributed by atoms with Crippen LogP contribution < -0.4 is 5.32 Å². The fourth-order valence-electron chi connectivity index (χ4n) is 5.93. The van der Waals surface area contributed by atoms with Crippen molar-refractivity contribution in [2.45, 2.75) is 193 Å². The molecule has 0 aromatic heterocycles. The molecule has 1 amide bonds. The maximum Gasteiger partial charge on any atom is 0.338 e. The largest absolute Gasteiger partial charge is 0.460 e. The van der Waals surface area contributed by atoms with Crippen molar-refractivity contribution in [3.05, 3.63) is 48.0 Å². The minimum atomic E-state index is -0.910. The molecule has 5 heteroatoms. The lowest BCUT2D eigenvalue weighted by atomic mass is 10.0. The quantitative estimate of drug-likeness (QED) is 0.0466. The topological polar surface area (TPSA) is 75.6 Å². The molecule has 1 aromatic carbocycles. The van der Waals surface area contributed by atoms with Gasteiger partial charge in [-0.25, -0.2) is 4.79 Å². The second-order valence-corrected chi connectivity index (χ2v) is 13.4. The van der Waals surface area contributed by atoms with Gasteiger partial charge in [-0.1, -0.05) is 185 Å². The molecular formula is C41H71NO4. The Bertz CT molecular complexity index is 855. The molecule has 1 aromatic rings. The number of hydrogen-bond donors (Lipinski definition) is 2. The first-order valence-electron chi connectivity index (χ1n) is 19.4. The van der Waals surface area contributed by atoms with Gasteiger partial charge in [0.15, 0.2) is 0 Å². The van der Waals surface area contributed by atoms with E-state index in [-0.39, 0.29) is 12.5 Å². The molecular weight excluding hydrogens is 570 g/mol. The van der Waals surface area contributed by atoms with Crippen LogP contribution in [0.2, 0.25) is 0 Å². The number of carbonyl (C=O) groups is 2. The number of amides is 1. The Morgan fingerprint density at radius 3 is 1.57 bits per heavy atom. The third-order valence-electron chi connectivity index (χ3n) is 8.98. The van der Waals surface area contributed by atoms with Gasteiger partial charge in [-0.05, 0) is 31.4 Å². The van der Waals surface area contributed by atoms with Crippen molar-refractivity contribution in [1.29, 1.82) is 0 Å². The summed E-state index contributed by atoms with van der Waals surface area (Å²) < 4.78 is 5.51. The third kappa shape index (κ3) is 25.0. The molecule has 0 bridgehead atoms. The smallest absolute Gasteiger partial charge is 0.338 e. The Balaban J connectivity index is 2.31. The zero-order valence-corrected chi connectivity index (χ0v) is 30.0. The summed E-state index contributed by atoms with van der Waals surface area (Å²) in [4.78, 5) is 25.3. The minimum Gasteiger partial charge on any atom is -0.460 e. The summed E-state index contributed by atoms with van der Waals surface area (Å²) in [6.45, 7) is 4.46. The van der Waals surface area contributed by atoms with E-state index in [2.05, 4.69) is 19.2 Å². The molecule has 2 N–H and O–H groups in total. The standard InChI is InChI=1S/C41H71NO4/c1-3-5-7-9-11-13-15-17-19-21-23-25-30-34-39(43)38(36-46-41(45)37-32-28-27-29-33-37)42-40(44)35-31-26-24-22-20-18-16-14-12-10-8-6-4-2/h27-30,32-34,38-39,43H,3-26,31,35-36H2,1-2H3,(H,42,44)/b34-30+/t38-,39-/m1/s1. The van der Waals surface area contributed by atoms with Crippen LogP contribution in [0.15, 0.2) is 42.5 Å². The Kier molecular flexibility index (Phi) is 28.6. The van der Waals surface area contributed by atoms with Crippen molar-refractivity contribution in [2.75, 3.05) is 6.61 Å². The molecule has 0 unspecified atom stereocenters. The van der Waals surface area contributed by atoms with Gasteiger partial charge in [0.05, 0.1) is 17.7 Å². The lowest BCUT2D eigenvalue weighted by Gasteiger charge is -2.22. The molecule has 0 saturated heterocycles. The van der Waals surface area contributed by atoms with E-state index in [9.17, 15) is 14.7 Å². The zero-order chi connectivity index (χ0) is 33.3. The van der Waals surface area contributed by atoms with Gasteiger partial charge < -0.3 is 15.2 Å². The van der Waals surface area contributed by atoms with Crippen molar-refractivity contribution in [2.24, 2.45) is 0 Å². The fraction of sp³-hybridized carbons (Fsp3) is 0.756. The lowest BCUT2D eigenvalue weighted by Crippen LogP contribution is -2.46. The molecule has 5 nitrogen and oxygen atoms in total. The summed E-state index contributed by atoms with van der Waals surface area (Å²) in [5.41, 5.74) is 0.459. The number of unbranched alkanes of at least 4 members (excludes halogenated alkanes) is 23. The lowest BCUT2D eigenvalue weighted by molar-refractivity contribution is -0.123. The summed E-state index contributed by atoms with van der Waals surface area (Å²) in [6, 6.07) is 8.16. The van der Waals surface area contributed by atoms with Crippen LogP contribution in [0.4, 0.5) is 0 Å². The molecule has 0 fully saturated rings. The van der Waals surface area contributed by atoms with Crippen LogP contribution in [-0.2, 0) is 9.53 Å². The van der Waals surface area contributed by atoms with Crippen molar-refractivity contribution < 1.29 is 19.4 Å². The Hall–Kier alpha value is -2.14. The number of aliphatic hydroxyl groups is 1. The zero-order valence-electron chi connectivity index (χ0n) is 30.0. The molecule has 0 radical (unpaired) electrons. The molecule has 0 spiro atoms. The Morgan fingerprint density at radius 2 is 1.09 bits per heavy atom. The van der Waals surface area contributed by atoms with Gasteiger partial charge in [-0.2, -0.15) is 0 Å². The van der Waals surface area contributed by atoms with E-state index in [0.29, 0.717) is 12.0 Å². The number of rotatable bonds is 32. The van der Waals surface area contributed by atoms with Crippen molar-refractivity contribution in [3.63, 3.8) is 0 Å². The molecule has 0 heterocycles. The van der Waals surface area contributed by atoms with E-state index in [4.69, 9.17) is 4.74 Å². The van der Waals surface area contributed by atoms with Crippen LogP contribution in [0.1, 0.15) is 191 Å². The van der Waals surface area contributed by atoms with E-state index in [0.717, 1.165) is 32.1 Å². The number of aliphatic hydroxyl groups excluding tert-OH is 1. The number of allylic oxidation sites excluding steroid dienone is 1. The molecule has 0 saturated carbocycles. The van der Waals surface area contributed by atoms with Crippen LogP contribution in [-0.4, -0.2) is 35.7 Å². The summed E-state index contributed by atoms with van der Waals surface area (Å²) in [7, 11) is 0. The summed E-state index contributed by atoms with van der Waals surface area (Å²) in [5.74, 6) is -0.546. The fourth-order valence-corrected chi connectivity index (χ4v) is 5.93. The maximum atomic E-state index is 12.8. The van der Waals surface area contributed by atoms with Crippen LogP contribution in [0.5, 0.6) is 0 Å². The predicted octanol–water partition coefficient (Wildman–Crippen LogP) is 11.4. The number of carbonyl (C=O) groups excluding carboxylic acids is 2. The second-order valence-electron chi connectivity index (χ2n) is 13.4. The summed E-state index contributed by atoms with van der Waals surface area (Å²) in [6.07, 6.45) is 35.0. The van der Waals surface area contributed by atoms with E-state index < -0.39 is 18.1 Å². The normalized spacial score (nSPS) is 12.8. The average Bonchev–Trinajstić information content (AvgIpc) is 3.07. The predicted molar refractivity (Wildman–Crippen MR) is 195 cm³/mol. The number of benzene rings is 1. The molecule has 2 atom stereocenters. The van der Waals surface area contributed by atoms with Crippen molar-refractivity contribution >= 4 is 11.9 Å². The van der Waals surface area contributed by atoms with Crippen LogP contribution in [0, 0.1) is 0 Å². The highest BCUT2D eigenvalue weighted by molar-refractivity contribution is 5.89. The summed E-state index contributed by atoms with van der Waals surface area (Å²) in [5, 5.41) is 13.9. The minimum absolute atomic E-state index is 0.0674. The third-order valence-corrected chi connectivity index (χ3v) is 8.98. The van der Waals surface area contributed by atoms with Gasteiger partial charge in [0, 0.05) is 6.42 Å². The van der Waals surface area contributed by atoms with E-state index >= 15 is 0 Å². The van der Waals surface area contributed by atoms with Gasteiger partial charge >= 0.3 is 5.97 Å². The first-order valence-corrected chi connectivity index (χ1v) is 19.4. The number of hydrogen-bond acceptors (Lipinski definition) is 4. The van der Waals surface area contributed by atoms with Crippen LogP contribution in [0.25, 0.3) is 0 Å². The highest BCUT2D eigenvalue weighted by atomic mass is 16.5.